The predicted molar refractivity (Wildman–Crippen MR) is 149 cm³/mol. The van der Waals surface area contributed by atoms with Crippen LogP contribution in [0.3, 0.4) is 0 Å². The highest BCUT2D eigenvalue weighted by Gasteiger charge is 2.22. The van der Waals surface area contributed by atoms with Crippen molar-refractivity contribution in [2.45, 2.75) is 25.9 Å². The van der Waals surface area contributed by atoms with E-state index in [-0.39, 0.29) is 17.5 Å². The smallest absolute Gasteiger partial charge is 0.336 e. The molecule has 0 aliphatic carbocycles. The molecule has 1 amide bonds. The van der Waals surface area contributed by atoms with Gasteiger partial charge in [0.05, 0.1) is 29.4 Å². The molecule has 5 aromatic rings. The molecule has 6 rings (SSSR count). The van der Waals surface area contributed by atoms with Crippen LogP contribution in [0.15, 0.2) is 91.0 Å². The maximum atomic E-state index is 13.1. The van der Waals surface area contributed by atoms with Gasteiger partial charge in [-0.25, -0.2) is 4.79 Å². The summed E-state index contributed by atoms with van der Waals surface area (Å²) in [6, 6.07) is 28.3. The van der Waals surface area contributed by atoms with Gasteiger partial charge in [0.25, 0.3) is 5.91 Å². The lowest BCUT2D eigenvalue weighted by Gasteiger charge is -2.26. The van der Waals surface area contributed by atoms with Gasteiger partial charge in [-0.3, -0.25) is 9.48 Å². The quantitative estimate of drug-likeness (QED) is 0.311. The Balaban J connectivity index is 1.18. The lowest BCUT2D eigenvalue weighted by Crippen LogP contribution is -2.42. The molecule has 7 nitrogen and oxygen atoms in total. The number of aromatic carboxylic acids is 1. The number of fused-ring (bicyclic) bond motifs is 2. The highest BCUT2D eigenvalue weighted by atomic mass is 16.5. The number of rotatable bonds is 6. The number of aryl methyl sites for hydroxylation is 1. The van der Waals surface area contributed by atoms with Gasteiger partial charge in [-0.05, 0) is 65.9 Å². The van der Waals surface area contributed by atoms with E-state index in [2.05, 4.69) is 5.32 Å². The van der Waals surface area contributed by atoms with Crippen LogP contribution < -0.4 is 10.1 Å². The number of carbonyl (C=O) groups is 2. The standard InChI is InChI=1S/C32H27N3O4/c1-20-28-17-24(31(36)33-25-16-23-6-2-5-9-30(23)39-19-25)14-15-29(28)35(34-20)18-21-10-12-22(13-11-21)26-7-3-4-8-27(26)32(37)38/h2-15,17,25H,16,18-19H2,1H3,(H,33,36)(H,37,38)/t25-/m1/s1. The van der Waals surface area contributed by atoms with Gasteiger partial charge in [0.1, 0.15) is 12.4 Å². The van der Waals surface area contributed by atoms with Gasteiger partial charge in [0, 0.05) is 10.9 Å². The minimum absolute atomic E-state index is 0.0858. The Hall–Kier alpha value is -4.91. The molecule has 39 heavy (non-hydrogen) atoms. The highest BCUT2D eigenvalue weighted by molar-refractivity contribution is 5.99. The van der Waals surface area contributed by atoms with E-state index < -0.39 is 5.97 Å². The maximum absolute atomic E-state index is 13.1. The van der Waals surface area contributed by atoms with Crippen molar-refractivity contribution in [1.82, 2.24) is 15.1 Å². The number of nitrogens with zero attached hydrogens (tertiary/aromatic N) is 2. The van der Waals surface area contributed by atoms with Gasteiger partial charge in [-0.15, -0.1) is 0 Å². The van der Waals surface area contributed by atoms with Gasteiger partial charge >= 0.3 is 5.97 Å². The first kappa shape index (κ1) is 24.4. The molecular formula is C32H27N3O4. The van der Waals surface area contributed by atoms with E-state index in [1.807, 2.05) is 90.5 Å². The van der Waals surface area contributed by atoms with Crippen LogP contribution in [-0.4, -0.2) is 39.4 Å². The number of carbonyl (C=O) groups excluding carboxylic acids is 1. The Kier molecular flexibility index (Phi) is 6.32. The topological polar surface area (TPSA) is 93.5 Å². The van der Waals surface area contributed by atoms with E-state index in [1.54, 1.807) is 12.1 Å². The number of amides is 1. The summed E-state index contributed by atoms with van der Waals surface area (Å²) in [5.74, 6) is -0.194. The number of para-hydroxylation sites is 1. The monoisotopic (exact) mass is 517 g/mol. The number of hydrogen-bond acceptors (Lipinski definition) is 4. The summed E-state index contributed by atoms with van der Waals surface area (Å²) in [5, 5.41) is 18.3. The fourth-order valence-electron chi connectivity index (χ4n) is 5.17. The van der Waals surface area contributed by atoms with E-state index in [9.17, 15) is 14.7 Å². The van der Waals surface area contributed by atoms with Crippen molar-refractivity contribution in [1.29, 1.82) is 0 Å². The number of nitrogens with one attached hydrogen (secondary N) is 1. The van der Waals surface area contributed by atoms with Crippen molar-refractivity contribution in [3.63, 3.8) is 0 Å². The van der Waals surface area contributed by atoms with Crippen molar-refractivity contribution < 1.29 is 19.4 Å². The van der Waals surface area contributed by atoms with E-state index in [0.29, 0.717) is 24.3 Å². The first-order valence-corrected chi connectivity index (χ1v) is 12.9. The van der Waals surface area contributed by atoms with Crippen LogP contribution in [0.1, 0.15) is 37.5 Å². The average Bonchev–Trinajstić information content (AvgIpc) is 3.27. The van der Waals surface area contributed by atoms with Crippen molar-refractivity contribution in [3.05, 3.63) is 119 Å². The molecule has 0 spiro atoms. The SMILES string of the molecule is Cc1nn(Cc2ccc(-c3ccccc3C(=O)O)cc2)c2ccc(C(=O)N[C@H]3COc4ccccc4C3)cc12. The second kappa shape index (κ2) is 10.1. The Morgan fingerprint density at radius 3 is 2.59 bits per heavy atom. The summed E-state index contributed by atoms with van der Waals surface area (Å²) < 4.78 is 7.75. The third-order valence-corrected chi connectivity index (χ3v) is 7.17. The fourth-order valence-corrected chi connectivity index (χ4v) is 5.17. The second-order valence-electron chi connectivity index (χ2n) is 9.82. The van der Waals surface area contributed by atoms with Crippen LogP contribution in [-0.2, 0) is 13.0 Å². The van der Waals surface area contributed by atoms with Crippen LogP contribution >= 0.6 is 0 Å². The third kappa shape index (κ3) is 4.86. The Labute approximate surface area is 225 Å². The molecule has 2 N–H and O–H groups in total. The van der Waals surface area contributed by atoms with Crippen molar-refractivity contribution >= 4 is 22.8 Å². The molecule has 0 saturated heterocycles. The number of ether oxygens (including phenoxy) is 1. The minimum atomic E-state index is -0.946. The Morgan fingerprint density at radius 1 is 1.00 bits per heavy atom. The maximum Gasteiger partial charge on any atom is 0.336 e. The van der Waals surface area contributed by atoms with E-state index in [4.69, 9.17) is 9.84 Å². The van der Waals surface area contributed by atoms with E-state index >= 15 is 0 Å². The summed E-state index contributed by atoms with van der Waals surface area (Å²) in [6.07, 6.45) is 0.738. The summed E-state index contributed by atoms with van der Waals surface area (Å²) in [4.78, 5) is 24.7. The molecule has 0 unspecified atom stereocenters. The van der Waals surface area contributed by atoms with Crippen molar-refractivity contribution in [3.8, 4) is 16.9 Å². The lowest BCUT2D eigenvalue weighted by molar-refractivity contribution is 0.0697. The highest BCUT2D eigenvalue weighted by Crippen LogP contribution is 2.27. The summed E-state index contributed by atoms with van der Waals surface area (Å²) >= 11 is 0. The minimum Gasteiger partial charge on any atom is -0.491 e. The van der Waals surface area contributed by atoms with Gasteiger partial charge in [0.2, 0.25) is 0 Å². The van der Waals surface area contributed by atoms with Crippen LogP contribution in [0.4, 0.5) is 0 Å². The van der Waals surface area contributed by atoms with E-state index in [0.717, 1.165) is 45.5 Å². The second-order valence-corrected chi connectivity index (χ2v) is 9.82. The molecule has 0 radical (unpaired) electrons. The largest absolute Gasteiger partial charge is 0.491 e. The van der Waals surface area contributed by atoms with Gasteiger partial charge in [0.15, 0.2) is 0 Å². The van der Waals surface area contributed by atoms with Crippen LogP contribution in [0, 0.1) is 6.92 Å². The zero-order valence-corrected chi connectivity index (χ0v) is 21.4. The number of carboxylic acid groups (broad SMARTS) is 1. The summed E-state index contributed by atoms with van der Waals surface area (Å²) in [7, 11) is 0. The van der Waals surface area contributed by atoms with Crippen molar-refractivity contribution in [2.75, 3.05) is 6.61 Å². The molecule has 194 valence electrons. The van der Waals surface area contributed by atoms with Crippen LogP contribution in [0.5, 0.6) is 5.75 Å². The molecule has 1 aliphatic rings. The number of hydrogen-bond donors (Lipinski definition) is 2. The average molecular weight is 518 g/mol. The number of aromatic nitrogens is 2. The van der Waals surface area contributed by atoms with Crippen LogP contribution in [0.25, 0.3) is 22.0 Å². The molecule has 1 atom stereocenters. The van der Waals surface area contributed by atoms with Crippen molar-refractivity contribution in [2.24, 2.45) is 0 Å². The molecular weight excluding hydrogens is 490 g/mol. The molecule has 7 heteroatoms. The van der Waals surface area contributed by atoms with Gasteiger partial charge in [-0.2, -0.15) is 5.10 Å². The third-order valence-electron chi connectivity index (χ3n) is 7.17. The molecule has 1 aliphatic heterocycles. The first-order valence-electron chi connectivity index (χ1n) is 12.9. The molecule has 1 aromatic heterocycles. The van der Waals surface area contributed by atoms with Gasteiger partial charge < -0.3 is 15.2 Å². The molecule has 0 bridgehead atoms. The molecule has 4 aromatic carbocycles. The summed E-state index contributed by atoms with van der Waals surface area (Å²) in [5.41, 5.74) is 6.33. The Bertz CT molecular complexity index is 1700. The zero-order chi connectivity index (χ0) is 26.9. The summed E-state index contributed by atoms with van der Waals surface area (Å²) in [6.45, 7) is 2.94. The van der Waals surface area contributed by atoms with Crippen LogP contribution in [0.2, 0.25) is 0 Å². The number of carboxylic acids is 1. The normalized spacial score (nSPS) is 14.4. The first-order chi connectivity index (χ1) is 19.0. The number of benzene rings is 4. The Morgan fingerprint density at radius 2 is 1.77 bits per heavy atom. The fraction of sp³-hybridized carbons (Fsp3) is 0.156. The zero-order valence-electron chi connectivity index (χ0n) is 21.4. The van der Waals surface area contributed by atoms with E-state index in [1.165, 1.54) is 0 Å². The molecule has 2 heterocycles. The predicted octanol–water partition coefficient (Wildman–Crippen LogP) is 5.49. The molecule has 0 saturated carbocycles. The molecule has 0 fully saturated rings. The van der Waals surface area contributed by atoms with Gasteiger partial charge in [-0.1, -0.05) is 60.7 Å². The lowest BCUT2D eigenvalue weighted by atomic mass is 9.99.